The Morgan fingerprint density at radius 2 is 1.08 bits per heavy atom. The fourth-order valence-corrected chi connectivity index (χ4v) is 8.61. The van der Waals surface area contributed by atoms with E-state index >= 15 is 0 Å². The van der Waals surface area contributed by atoms with Crippen molar-refractivity contribution in [3.8, 4) is 16.8 Å². The molecule has 0 saturated heterocycles. The molecule has 0 spiro atoms. The van der Waals surface area contributed by atoms with E-state index in [1.54, 1.807) is 0 Å². The van der Waals surface area contributed by atoms with E-state index in [1.807, 2.05) is 30.6 Å². The highest BCUT2D eigenvalue weighted by Gasteiger charge is 2.46. The number of benzene rings is 7. The Balaban J connectivity index is 1.31. The first-order valence-electron chi connectivity index (χ1n) is 17.8. The Kier molecular flexibility index (Phi) is 7.06. The van der Waals surface area contributed by atoms with Gasteiger partial charge in [-0.3, -0.25) is 4.98 Å². The summed E-state index contributed by atoms with van der Waals surface area (Å²) in [4.78, 5) is 10.9. The molecule has 0 aliphatic carbocycles. The fraction of sp³-hybridized carbons (Fsp3) is 0.0204. The minimum atomic E-state index is -0.566. The number of hydrogen-bond acceptors (Lipinski definition) is 2. The van der Waals surface area contributed by atoms with Crippen molar-refractivity contribution in [2.45, 2.75) is 5.41 Å². The molecule has 53 heavy (non-hydrogen) atoms. The topological polar surface area (TPSA) is 25.4 Å². The van der Waals surface area contributed by atoms with Crippen LogP contribution in [0.3, 0.4) is 0 Å². The first-order chi connectivity index (χ1) is 26.3. The van der Waals surface area contributed by atoms with Crippen LogP contribution in [0.5, 0.6) is 0 Å². The quantitative estimate of drug-likeness (QED) is 0.170. The average molecular weight is 677 g/mol. The number of hydrogen-bond donors (Lipinski definition) is 0. The zero-order chi connectivity index (χ0) is 35.4. The second kappa shape index (κ2) is 12.2. The van der Waals surface area contributed by atoms with Crippen molar-refractivity contribution in [2.75, 3.05) is 4.90 Å². The summed E-state index contributed by atoms with van der Waals surface area (Å²) in [5.74, 6) is 0. The Labute approximate surface area is 308 Å². The SMILES string of the molecule is [C-]#[N+]c1ccccc1-c1cc(N2c3ccccc3C(c3ccccc3)(c3ccccc3)c3ccccc32)cc(-n2c3ccccc3c3cnccc32)c1. The van der Waals surface area contributed by atoms with E-state index < -0.39 is 5.41 Å². The normalized spacial score (nSPS) is 13.0. The van der Waals surface area contributed by atoms with Crippen LogP contribution in [0.15, 0.2) is 194 Å². The summed E-state index contributed by atoms with van der Waals surface area (Å²) in [6, 6.07) is 64.7. The monoisotopic (exact) mass is 676 g/mol. The molecule has 0 unspecified atom stereocenters. The lowest BCUT2D eigenvalue weighted by Crippen LogP contribution is -2.37. The molecule has 7 aromatic carbocycles. The van der Waals surface area contributed by atoms with Crippen LogP contribution >= 0.6 is 0 Å². The third-order valence-corrected chi connectivity index (χ3v) is 10.7. The highest BCUT2D eigenvalue weighted by molar-refractivity contribution is 6.09. The van der Waals surface area contributed by atoms with Gasteiger partial charge in [0.1, 0.15) is 0 Å². The van der Waals surface area contributed by atoms with Crippen molar-refractivity contribution in [1.82, 2.24) is 9.55 Å². The zero-order valence-corrected chi connectivity index (χ0v) is 28.8. The van der Waals surface area contributed by atoms with Gasteiger partial charge in [0.25, 0.3) is 0 Å². The van der Waals surface area contributed by atoms with Gasteiger partial charge in [0.2, 0.25) is 0 Å². The molecule has 4 nitrogen and oxygen atoms in total. The zero-order valence-electron chi connectivity index (χ0n) is 28.8. The summed E-state index contributed by atoms with van der Waals surface area (Å²) in [6.45, 7) is 8.10. The van der Waals surface area contributed by atoms with E-state index in [9.17, 15) is 0 Å². The summed E-state index contributed by atoms with van der Waals surface area (Å²) in [5.41, 5.74) is 13.2. The minimum Gasteiger partial charge on any atom is -0.310 e. The number of aromatic nitrogens is 2. The molecule has 0 N–H and O–H groups in total. The minimum absolute atomic E-state index is 0.566. The Morgan fingerprint density at radius 1 is 0.509 bits per heavy atom. The summed E-state index contributed by atoms with van der Waals surface area (Å²) in [7, 11) is 0. The van der Waals surface area contributed by atoms with Gasteiger partial charge in [-0.2, -0.15) is 0 Å². The molecule has 1 aliphatic heterocycles. The summed E-state index contributed by atoms with van der Waals surface area (Å²) < 4.78 is 2.33. The number of anilines is 3. The first kappa shape index (κ1) is 30.6. The van der Waals surface area contributed by atoms with E-state index in [1.165, 1.54) is 22.3 Å². The molecule has 10 rings (SSSR count). The molecular weight excluding hydrogens is 645 g/mol. The van der Waals surface area contributed by atoms with Crippen LogP contribution in [0.25, 0.3) is 43.5 Å². The molecule has 0 amide bonds. The van der Waals surface area contributed by atoms with E-state index in [0.717, 1.165) is 55.7 Å². The molecular formula is C49H32N4. The standard InChI is InChI=1S/C49H32N4/c1-50-44-24-12-8-20-39(44)34-30-37(52-45-25-13-9-21-40(45)41-33-51-29-28-46(41)52)32-38(31-34)53-47-26-14-10-22-42(47)49(35-16-4-2-5-17-35,36-18-6-3-7-19-36)43-23-11-15-27-48(43)53/h2-33H. The van der Waals surface area contributed by atoms with Crippen LogP contribution in [0.1, 0.15) is 22.3 Å². The molecule has 0 atom stereocenters. The van der Waals surface area contributed by atoms with Gasteiger partial charge < -0.3 is 9.47 Å². The number of fused-ring (bicyclic) bond motifs is 5. The van der Waals surface area contributed by atoms with Crippen molar-refractivity contribution in [3.05, 3.63) is 228 Å². The highest BCUT2D eigenvalue weighted by atomic mass is 15.2. The molecule has 0 bridgehead atoms. The Hall–Kier alpha value is -7.22. The molecule has 0 saturated carbocycles. The summed E-state index contributed by atoms with van der Waals surface area (Å²) >= 11 is 0. The van der Waals surface area contributed by atoms with Gasteiger partial charge in [-0.05, 0) is 75.8 Å². The first-order valence-corrected chi connectivity index (χ1v) is 17.8. The lowest BCUT2D eigenvalue weighted by molar-refractivity contribution is 0.731. The van der Waals surface area contributed by atoms with Gasteiger partial charge in [-0.25, -0.2) is 4.85 Å². The van der Waals surface area contributed by atoms with Crippen LogP contribution in [0.4, 0.5) is 22.7 Å². The van der Waals surface area contributed by atoms with Gasteiger partial charge >= 0.3 is 0 Å². The Bertz CT molecular complexity index is 2720. The molecule has 4 heteroatoms. The molecule has 0 fully saturated rings. The molecule has 0 radical (unpaired) electrons. The molecule has 1 aliphatic rings. The van der Waals surface area contributed by atoms with Crippen LogP contribution in [0, 0.1) is 6.57 Å². The summed E-state index contributed by atoms with van der Waals surface area (Å²) in [5, 5.41) is 2.24. The van der Waals surface area contributed by atoms with Crippen molar-refractivity contribution in [1.29, 1.82) is 0 Å². The maximum atomic E-state index is 8.10. The van der Waals surface area contributed by atoms with Gasteiger partial charge in [0.15, 0.2) is 5.69 Å². The van der Waals surface area contributed by atoms with Crippen LogP contribution in [0.2, 0.25) is 0 Å². The van der Waals surface area contributed by atoms with Crippen molar-refractivity contribution in [3.63, 3.8) is 0 Å². The summed E-state index contributed by atoms with van der Waals surface area (Å²) in [6.07, 6.45) is 3.82. The third-order valence-electron chi connectivity index (χ3n) is 10.7. The number of pyridine rings is 1. The van der Waals surface area contributed by atoms with Gasteiger partial charge in [0.05, 0.1) is 34.4 Å². The maximum Gasteiger partial charge on any atom is 0.194 e. The van der Waals surface area contributed by atoms with Gasteiger partial charge in [-0.15, -0.1) is 0 Å². The molecule has 3 heterocycles. The number of rotatable bonds is 5. The lowest BCUT2D eigenvalue weighted by atomic mass is 9.62. The molecule has 248 valence electrons. The average Bonchev–Trinajstić information content (AvgIpc) is 3.57. The maximum absolute atomic E-state index is 8.10. The lowest BCUT2D eigenvalue weighted by Gasteiger charge is -2.46. The van der Waals surface area contributed by atoms with Crippen molar-refractivity contribution < 1.29 is 0 Å². The van der Waals surface area contributed by atoms with E-state index in [4.69, 9.17) is 6.57 Å². The van der Waals surface area contributed by atoms with Crippen molar-refractivity contribution >= 4 is 44.6 Å². The second-order valence-corrected chi connectivity index (χ2v) is 13.5. The predicted molar refractivity (Wildman–Crippen MR) is 217 cm³/mol. The van der Waals surface area contributed by atoms with E-state index in [0.29, 0.717) is 5.69 Å². The van der Waals surface area contributed by atoms with Crippen LogP contribution < -0.4 is 4.90 Å². The van der Waals surface area contributed by atoms with E-state index in [-0.39, 0.29) is 0 Å². The van der Waals surface area contributed by atoms with Crippen LogP contribution in [-0.4, -0.2) is 9.55 Å². The van der Waals surface area contributed by atoms with E-state index in [2.05, 4.69) is 183 Å². The van der Waals surface area contributed by atoms with Crippen molar-refractivity contribution in [2.24, 2.45) is 0 Å². The largest absolute Gasteiger partial charge is 0.310 e. The highest BCUT2D eigenvalue weighted by Crippen LogP contribution is 2.58. The molecule has 2 aromatic heterocycles. The Morgan fingerprint density at radius 3 is 1.77 bits per heavy atom. The van der Waals surface area contributed by atoms with Gasteiger partial charge in [0, 0.05) is 34.5 Å². The van der Waals surface area contributed by atoms with Gasteiger partial charge in [-0.1, -0.05) is 140 Å². The smallest absolute Gasteiger partial charge is 0.194 e. The third kappa shape index (κ3) is 4.58. The second-order valence-electron chi connectivity index (χ2n) is 13.5. The molecule has 9 aromatic rings. The van der Waals surface area contributed by atoms with Crippen LogP contribution in [-0.2, 0) is 5.41 Å². The fourth-order valence-electron chi connectivity index (χ4n) is 8.61. The number of nitrogens with zero attached hydrogens (tertiary/aromatic N) is 4. The predicted octanol–water partition coefficient (Wildman–Crippen LogP) is 12.6. The number of para-hydroxylation sites is 4.